The van der Waals surface area contributed by atoms with Crippen LogP contribution in [0.5, 0.6) is 0 Å². The van der Waals surface area contributed by atoms with E-state index < -0.39 is 7.58 Å². The van der Waals surface area contributed by atoms with Gasteiger partial charge in [-0.05, 0) is 0 Å². The van der Waals surface area contributed by atoms with Gasteiger partial charge in [0, 0.05) is 6.54 Å². The molecule has 0 rings (SSSR count). The molecule has 0 heterocycles. The molecule has 1 unspecified atom stereocenters. The van der Waals surface area contributed by atoms with Crippen LogP contribution in [-0.2, 0) is 21.9 Å². The van der Waals surface area contributed by atoms with Gasteiger partial charge in [0.05, 0.1) is 6.61 Å². The summed E-state index contributed by atoms with van der Waals surface area (Å²) in [7, 11) is -1.62. The van der Waals surface area contributed by atoms with Gasteiger partial charge in [-0.2, -0.15) is 0 Å². The maximum Gasteiger partial charge on any atom is 1.00 e. The fraction of sp³-hybridized carbons (Fsp3) is 0.750. The van der Waals surface area contributed by atoms with Crippen LogP contribution in [0.4, 0.5) is 0 Å². The van der Waals surface area contributed by atoms with Gasteiger partial charge in [0.1, 0.15) is 0 Å². The summed E-state index contributed by atoms with van der Waals surface area (Å²) in [5, 5.41) is 2.48. The predicted octanol–water partition coefficient (Wildman–Crippen LogP) is -3.18. The molecule has 0 aromatic rings. The first-order valence-electron chi connectivity index (χ1n) is 2.82. The summed E-state index contributed by atoms with van der Waals surface area (Å²) in [5.74, 6) is -0.153. The zero-order chi connectivity index (χ0) is 8.69. The molecule has 0 aliphatic carbocycles. The third kappa shape index (κ3) is 12.2. The van der Waals surface area contributed by atoms with Gasteiger partial charge < -0.3 is 27.4 Å². The van der Waals surface area contributed by atoms with Crippen molar-refractivity contribution in [3.63, 3.8) is 0 Å². The third-order valence-electron chi connectivity index (χ3n) is 0.762. The van der Waals surface area contributed by atoms with Crippen LogP contribution in [-0.4, -0.2) is 29.7 Å². The molecule has 0 saturated carbocycles. The fourth-order valence-corrected chi connectivity index (χ4v) is 0.970. The van der Waals surface area contributed by atoms with Crippen molar-refractivity contribution < 1.29 is 65.6 Å². The number of rotatable bonds is 5. The van der Waals surface area contributed by atoms with Gasteiger partial charge in [-0.1, -0.05) is 18.0 Å². The molecule has 66 valence electrons. The molecule has 0 saturated heterocycles. The minimum atomic E-state index is -1.62. The standard InChI is InChI=1S/C4H10NO3PS2.K/c6-4(3-10)5-1-2-8-9(7)11;/h7,10-11H,1-3H2,(H,5,6);/q;+1/p-1. The first kappa shape index (κ1) is 16.6. The summed E-state index contributed by atoms with van der Waals surface area (Å²) in [6, 6.07) is 0. The van der Waals surface area contributed by atoms with Gasteiger partial charge in [0.2, 0.25) is 7.58 Å². The summed E-state index contributed by atoms with van der Waals surface area (Å²) in [5.41, 5.74) is 0. The maximum atomic E-state index is 10.5. The summed E-state index contributed by atoms with van der Waals surface area (Å²) in [4.78, 5) is 19.1. The van der Waals surface area contributed by atoms with E-state index in [4.69, 9.17) is 4.89 Å². The number of amides is 1. The van der Waals surface area contributed by atoms with E-state index in [0.29, 0.717) is 6.54 Å². The molecule has 8 heteroatoms. The van der Waals surface area contributed by atoms with Gasteiger partial charge in [-0.25, -0.2) is 0 Å². The molecule has 1 amide bonds. The first-order valence-corrected chi connectivity index (χ1v) is 5.76. The molecule has 4 nitrogen and oxygen atoms in total. The van der Waals surface area contributed by atoms with Gasteiger partial charge in [0.15, 0.2) is 5.91 Å². The number of thiol groups is 1. The number of carbonyl (C=O) groups excluding carboxylic acids is 1. The number of hydrogen-bond acceptors (Lipinski definition) is 5. The Kier molecular flexibility index (Phi) is 15.5. The van der Waals surface area contributed by atoms with E-state index in [0.717, 1.165) is 0 Å². The molecule has 0 aromatic carbocycles. The summed E-state index contributed by atoms with van der Waals surface area (Å²) in [6.45, 7) is 0.613. The first-order chi connectivity index (χ1) is 5.16. The Balaban J connectivity index is 0. The molecule has 0 aliphatic heterocycles. The van der Waals surface area contributed by atoms with Crippen LogP contribution < -0.4 is 56.7 Å². The van der Waals surface area contributed by atoms with Crippen LogP contribution >= 0.6 is 19.8 Å². The van der Waals surface area contributed by atoms with E-state index in [1.54, 1.807) is 0 Å². The zero-order valence-corrected chi connectivity index (χ0v) is 12.4. The molecule has 12 heavy (non-hydrogen) atoms. The second kappa shape index (κ2) is 11.2. The third-order valence-corrected chi connectivity index (χ3v) is 1.78. The molecule has 0 fully saturated rings. The van der Waals surface area contributed by atoms with Crippen molar-refractivity contribution in [2.75, 3.05) is 18.9 Å². The average Bonchev–Trinajstić information content (AvgIpc) is 1.97. The molecule has 0 bridgehead atoms. The van der Waals surface area contributed by atoms with Crippen LogP contribution in [0.15, 0.2) is 0 Å². The minimum absolute atomic E-state index is 0. The van der Waals surface area contributed by atoms with E-state index in [1.807, 2.05) is 0 Å². The molecule has 0 spiro atoms. The van der Waals surface area contributed by atoms with Crippen molar-refractivity contribution in [2.45, 2.75) is 0 Å². The molecular weight excluding hydrogens is 244 g/mol. The monoisotopic (exact) mass is 253 g/mol. The Hall–Kier alpha value is 2.16. The van der Waals surface area contributed by atoms with Crippen LogP contribution in [0.1, 0.15) is 0 Å². The molecule has 2 N–H and O–H groups in total. The molecule has 1 atom stereocenters. The van der Waals surface area contributed by atoms with E-state index in [-0.39, 0.29) is 69.7 Å². The maximum absolute atomic E-state index is 10.5. The van der Waals surface area contributed by atoms with Crippen molar-refractivity contribution in [3.05, 3.63) is 0 Å². The SMILES string of the molecule is O=C(C[S-])NCCOP(O)S.[K+]. The number of hydrogen-bond donors (Lipinski definition) is 3. The van der Waals surface area contributed by atoms with Gasteiger partial charge in [-0.15, -0.1) is 0 Å². The van der Waals surface area contributed by atoms with E-state index in [1.165, 1.54) is 0 Å². The van der Waals surface area contributed by atoms with E-state index in [2.05, 4.69) is 34.7 Å². The van der Waals surface area contributed by atoms with E-state index in [9.17, 15) is 4.79 Å². The van der Waals surface area contributed by atoms with Crippen LogP contribution in [0.25, 0.3) is 0 Å². The molecule has 0 aliphatic rings. The second-order valence-electron chi connectivity index (χ2n) is 1.58. The van der Waals surface area contributed by atoms with Crippen molar-refractivity contribution in [1.29, 1.82) is 0 Å². The topological polar surface area (TPSA) is 58.6 Å². The summed E-state index contributed by atoms with van der Waals surface area (Å²) >= 11 is 8.07. The average molecular weight is 253 g/mol. The van der Waals surface area contributed by atoms with Gasteiger partial charge in [0.25, 0.3) is 0 Å². The summed E-state index contributed by atoms with van der Waals surface area (Å²) in [6.07, 6.45) is 0. The normalized spacial score (nSPS) is 11.6. The Morgan fingerprint density at radius 3 is 2.75 bits per heavy atom. The van der Waals surface area contributed by atoms with Crippen molar-refractivity contribution in [1.82, 2.24) is 5.32 Å². The van der Waals surface area contributed by atoms with Crippen molar-refractivity contribution in [2.24, 2.45) is 0 Å². The Labute approximate surface area is 126 Å². The summed E-state index contributed by atoms with van der Waals surface area (Å²) < 4.78 is 4.67. The second-order valence-corrected chi connectivity index (χ2v) is 3.66. The molecular formula is C4H9KNO3PS2. The van der Waals surface area contributed by atoms with Crippen LogP contribution in [0.2, 0.25) is 0 Å². The van der Waals surface area contributed by atoms with Crippen molar-refractivity contribution >= 4 is 38.4 Å². The fourth-order valence-electron chi connectivity index (χ4n) is 0.369. The van der Waals surface area contributed by atoms with Gasteiger partial charge >= 0.3 is 51.4 Å². The van der Waals surface area contributed by atoms with E-state index >= 15 is 0 Å². The zero-order valence-electron chi connectivity index (χ0n) is 6.69. The molecule has 0 radical (unpaired) electrons. The Morgan fingerprint density at radius 1 is 1.75 bits per heavy atom. The Morgan fingerprint density at radius 2 is 2.33 bits per heavy atom. The number of nitrogens with one attached hydrogen (secondary N) is 1. The predicted molar refractivity (Wildman–Crippen MR) is 49.3 cm³/mol. The Bertz CT molecular complexity index is 129. The van der Waals surface area contributed by atoms with Crippen molar-refractivity contribution in [3.8, 4) is 0 Å². The van der Waals surface area contributed by atoms with Gasteiger partial charge in [-0.3, -0.25) is 4.79 Å². The minimum Gasteiger partial charge on any atom is -0.783 e. The van der Waals surface area contributed by atoms with Crippen LogP contribution in [0.3, 0.4) is 0 Å². The number of carbonyl (C=O) groups is 1. The van der Waals surface area contributed by atoms with Crippen LogP contribution in [0, 0.1) is 0 Å². The quantitative estimate of drug-likeness (QED) is 0.159. The molecule has 0 aromatic heterocycles. The largest absolute Gasteiger partial charge is 1.00 e. The smallest absolute Gasteiger partial charge is 0.783 e.